The average molecular weight is 347 g/mol. The molecule has 0 saturated carbocycles. The molecule has 0 radical (unpaired) electrons. The quantitative estimate of drug-likeness (QED) is 0.749. The molecule has 2 aromatic carbocycles. The predicted octanol–water partition coefficient (Wildman–Crippen LogP) is 4.50. The Morgan fingerprint density at radius 3 is 2.46 bits per heavy atom. The zero-order chi connectivity index (χ0) is 17.5. The molecule has 0 atom stereocenters. The highest BCUT2D eigenvalue weighted by Gasteiger charge is 2.07. The lowest BCUT2D eigenvalue weighted by Gasteiger charge is -2.09. The molecular weight excluding hydrogens is 325 g/mol. The van der Waals surface area contributed by atoms with Crippen molar-refractivity contribution in [1.82, 2.24) is 0 Å². The van der Waals surface area contributed by atoms with Gasteiger partial charge in [-0.15, -0.1) is 11.8 Å². The normalized spacial score (nSPS) is 10.5. The van der Waals surface area contributed by atoms with Crippen molar-refractivity contribution in [3.8, 4) is 5.75 Å². The van der Waals surface area contributed by atoms with Crippen LogP contribution in [0.15, 0.2) is 36.4 Å². The molecule has 128 valence electrons. The van der Waals surface area contributed by atoms with Gasteiger partial charge in [0.1, 0.15) is 11.6 Å². The lowest BCUT2D eigenvalue weighted by Crippen LogP contribution is -2.16. The van der Waals surface area contributed by atoms with Crippen LogP contribution in [0.3, 0.4) is 0 Å². The number of halogens is 1. The van der Waals surface area contributed by atoms with Crippen LogP contribution in [0, 0.1) is 26.6 Å². The minimum Gasteiger partial charge on any atom is -0.493 e. The van der Waals surface area contributed by atoms with E-state index in [0.29, 0.717) is 12.4 Å². The second-order valence-electron chi connectivity index (χ2n) is 5.76. The van der Waals surface area contributed by atoms with Gasteiger partial charge in [0.25, 0.3) is 0 Å². The molecule has 0 aromatic heterocycles. The van der Waals surface area contributed by atoms with Crippen LogP contribution in [0.1, 0.15) is 16.7 Å². The molecule has 24 heavy (non-hydrogen) atoms. The van der Waals surface area contributed by atoms with Gasteiger partial charge in [0.15, 0.2) is 0 Å². The summed E-state index contributed by atoms with van der Waals surface area (Å²) >= 11 is 1.46. The number of aryl methyl sites for hydroxylation is 3. The number of carbonyl (C=O) groups excluding carboxylic acids is 1. The molecule has 0 aliphatic heterocycles. The lowest BCUT2D eigenvalue weighted by molar-refractivity contribution is -0.113. The predicted molar refractivity (Wildman–Crippen MR) is 98.5 cm³/mol. The number of hydrogen-bond acceptors (Lipinski definition) is 3. The van der Waals surface area contributed by atoms with Crippen molar-refractivity contribution in [3.05, 3.63) is 58.9 Å². The van der Waals surface area contributed by atoms with E-state index in [9.17, 15) is 9.18 Å². The summed E-state index contributed by atoms with van der Waals surface area (Å²) in [6.07, 6.45) is 0. The summed E-state index contributed by atoms with van der Waals surface area (Å²) in [6.45, 7) is 6.40. The average Bonchev–Trinajstić information content (AvgIpc) is 2.49. The minimum atomic E-state index is -0.411. The van der Waals surface area contributed by atoms with Crippen LogP contribution in [0.25, 0.3) is 0 Å². The van der Waals surface area contributed by atoms with Gasteiger partial charge in [0.2, 0.25) is 5.91 Å². The Labute approximate surface area is 146 Å². The maximum absolute atomic E-state index is 13.7. The van der Waals surface area contributed by atoms with Crippen molar-refractivity contribution < 1.29 is 13.9 Å². The molecule has 1 N–H and O–H groups in total. The molecular formula is C19H22FNO2S. The van der Waals surface area contributed by atoms with Gasteiger partial charge in [-0.25, -0.2) is 4.39 Å². The minimum absolute atomic E-state index is 0.214. The summed E-state index contributed by atoms with van der Waals surface area (Å²) < 4.78 is 19.4. The molecule has 0 saturated heterocycles. The molecule has 0 fully saturated rings. The first-order valence-electron chi connectivity index (χ1n) is 7.79. The monoisotopic (exact) mass is 347 g/mol. The van der Waals surface area contributed by atoms with Crippen LogP contribution < -0.4 is 10.1 Å². The molecule has 2 aromatic rings. The van der Waals surface area contributed by atoms with Gasteiger partial charge in [0.05, 0.1) is 18.0 Å². The van der Waals surface area contributed by atoms with Gasteiger partial charge in [0, 0.05) is 5.75 Å². The first-order chi connectivity index (χ1) is 11.4. The van der Waals surface area contributed by atoms with E-state index in [1.54, 1.807) is 19.1 Å². The number of hydrogen-bond donors (Lipinski definition) is 1. The van der Waals surface area contributed by atoms with E-state index in [0.717, 1.165) is 22.4 Å². The molecule has 1 amide bonds. The third kappa shape index (κ3) is 5.89. The standard InChI is InChI=1S/C19H22FNO2S/c1-13-4-5-18(17(20)11-13)21-19(22)12-24-7-6-23-16-9-14(2)8-15(3)10-16/h4-5,8-11H,6-7,12H2,1-3H3,(H,21,22). The maximum Gasteiger partial charge on any atom is 0.234 e. The molecule has 0 aliphatic carbocycles. The Balaban J connectivity index is 1.69. The summed E-state index contributed by atoms with van der Waals surface area (Å²) in [6, 6.07) is 10.8. The number of thioether (sulfide) groups is 1. The summed E-state index contributed by atoms with van der Waals surface area (Å²) in [4.78, 5) is 11.8. The van der Waals surface area contributed by atoms with Crippen molar-refractivity contribution in [2.45, 2.75) is 20.8 Å². The van der Waals surface area contributed by atoms with E-state index in [2.05, 4.69) is 11.4 Å². The zero-order valence-electron chi connectivity index (χ0n) is 14.2. The topological polar surface area (TPSA) is 38.3 Å². The van der Waals surface area contributed by atoms with Crippen molar-refractivity contribution in [2.75, 3.05) is 23.4 Å². The Morgan fingerprint density at radius 2 is 1.79 bits per heavy atom. The summed E-state index contributed by atoms with van der Waals surface area (Å²) in [7, 11) is 0. The maximum atomic E-state index is 13.7. The Kier molecular flexibility index (Phi) is 6.67. The summed E-state index contributed by atoms with van der Waals surface area (Å²) in [5.74, 6) is 1.18. The van der Waals surface area contributed by atoms with E-state index in [1.807, 2.05) is 26.0 Å². The number of amides is 1. The Hall–Kier alpha value is -2.01. The smallest absolute Gasteiger partial charge is 0.234 e. The molecule has 2 rings (SSSR count). The van der Waals surface area contributed by atoms with E-state index >= 15 is 0 Å². The lowest BCUT2D eigenvalue weighted by atomic mass is 10.1. The van der Waals surface area contributed by atoms with E-state index in [1.165, 1.54) is 17.8 Å². The summed E-state index contributed by atoms with van der Waals surface area (Å²) in [5.41, 5.74) is 3.37. The van der Waals surface area contributed by atoms with Crippen molar-refractivity contribution in [2.24, 2.45) is 0 Å². The second kappa shape index (κ2) is 8.73. The molecule has 0 aliphatic rings. The molecule has 5 heteroatoms. The number of carbonyl (C=O) groups is 1. The summed E-state index contributed by atoms with van der Waals surface area (Å²) in [5, 5.41) is 2.59. The van der Waals surface area contributed by atoms with Gasteiger partial charge >= 0.3 is 0 Å². The zero-order valence-corrected chi connectivity index (χ0v) is 15.0. The third-order valence-corrected chi connectivity index (χ3v) is 4.25. The first kappa shape index (κ1) is 18.3. The number of ether oxygens (including phenoxy) is 1. The van der Waals surface area contributed by atoms with Gasteiger partial charge < -0.3 is 10.1 Å². The highest BCUT2D eigenvalue weighted by molar-refractivity contribution is 7.99. The molecule has 0 bridgehead atoms. The fourth-order valence-electron chi connectivity index (χ4n) is 2.31. The molecule has 3 nitrogen and oxygen atoms in total. The Bertz CT molecular complexity index is 698. The largest absolute Gasteiger partial charge is 0.493 e. The number of nitrogens with one attached hydrogen (secondary N) is 1. The first-order valence-corrected chi connectivity index (χ1v) is 8.94. The van der Waals surface area contributed by atoms with Crippen LogP contribution in [0.2, 0.25) is 0 Å². The highest BCUT2D eigenvalue weighted by Crippen LogP contribution is 2.17. The molecule has 0 unspecified atom stereocenters. The van der Waals surface area contributed by atoms with Gasteiger partial charge in [-0.2, -0.15) is 0 Å². The van der Waals surface area contributed by atoms with Crippen LogP contribution in [0.4, 0.5) is 10.1 Å². The molecule has 0 heterocycles. The van der Waals surface area contributed by atoms with Crippen molar-refractivity contribution >= 4 is 23.4 Å². The van der Waals surface area contributed by atoms with Crippen LogP contribution >= 0.6 is 11.8 Å². The van der Waals surface area contributed by atoms with Gasteiger partial charge in [-0.05, 0) is 61.7 Å². The fourth-order valence-corrected chi connectivity index (χ4v) is 2.91. The number of benzene rings is 2. The van der Waals surface area contributed by atoms with E-state index in [-0.39, 0.29) is 17.3 Å². The van der Waals surface area contributed by atoms with Crippen LogP contribution in [-0.4, -0.2) is 24.0 Å². The number of anilines is 1. The van der Waals surface area contributed by atoms with E-state index < -0.39 is 5.82 Å². The van der Waals surface area contributed by atoms with Crippen LogP contribution in [0.5, 0.6) is 5.75 Å². The third-order valence-electron chi connectivity index (χ3n) is 3.32. The van der Waals surface area contributed by atoms with Crippen molar-refractivity contribution in [3.63, 3.8) is 0 Å². The van der Waals surface area contributed by atoms with Crippen LogP contribution in [-0.2, 0) is 4.79 Å². The SMILES string of the molecule is Cc1cc(C)cc(OCCSCC(=O)Nc2ccc(C)cc2F)c1. The highest BCUT2D eigenvalue weighted by atomic mass is 32.2. The van der Waals surface area contributed by atoms with Gasteiger partial charge in [-0.3, -0.25) is 4.79 Å². The fraction of sp³-hybridized carbons (Fsp3) is 0.316. The second-order valence-corrected chi connectivity index (χ2v) is 6.86. The number of rotatable bonds is 7. The van der Waals surface area contributed by atoms with Crippen molar-refractivity contribution in [1.29, 1.82) is 0 Å². The molecule has 0 spiro atoms. The van der Waals surface area contributed by atoms with Gasteiger partial charge in [-0.1, -0.05) is 12.1 Å². The Morgan fingerprint density at radius 1 is 1.08 bits per heavy atom. The van der Waals surface area contributed by atoms with E-state index in [4.69, 9.17) is 4.74 Å².